The van der Waals surface area contributed by atoms with Crippen LogP contribution in [0.15, 0.2) is 11.2 Å². The molecule has 1 aromatic heterocycles. The minimum Gasteiger partial charge on any atom is -0.334 e. The van der Waals surface area contributed by atoms with Gasteiger partial charge in [0, 0.05) is 18.8 Å². The molecule has 1 heterocycles. The van der Waals surface area contributed by atoms with Crippen LogP contribution in [0, 0.1) is 6.92 Å². The van der Waals surface area contributed by atoms with Crippen molar-refractivity contribution in [3.63, 3.8) is 0 Å². The first-order valence-corrected chi connectivity index (χ1v) is 8.19. The number of aryl methyl sites for hydroxylation is 2. The molecule has 0 fully saturated rings. The highest BCUT2D eigenvalue weighted by molar-refractivity contribution is 7.89. The van der Waals surface area contributed by atoms with Gasteiger partial charge in [0.25, 0.3) is 10.0 Å². The fraction of sp³-hybridized carbons (Fsp3) is 0.750. The summed E-state index contributed by atoms with van der Waals surface area (Å²) < 4.78 is 29.0. The van der Waals surface area contributed by atoms with Crippen molar-refractivity contribution in [2.45, 2.75) is 57.6 Å². The van der Waals surface area contributed by atoms with E-state index in [0.717, 1.165) is 13.0 Å². The topological polar surface area (TPSA) is 90.0 Å². The first-order valence-electron chi connectivity index (χ1n) is 6.70. The summed E-state index contributed by atoms with van der Waals surface area (Å²) in [5.74, 6) is 0.717. The molecule has 1 atom stereocenters. The molecule has 0 bridgehead atoms. The fourth-order valence-electron chi connectivity index (χ4n) is 1.90. The molecule has 6 nitrogen and oxygen atoms in total. The number of rotatable bonds is 8. The van der Waals surface area contributed by atoms with E-state index in [-0.39, 0.29) is 11.1 Å². The van der Waals surface area contributed by atoms with Gasteiger partial charge in [0.05, 0.1) is 0 Å². The van der Waals surface area contributed by atoms with Gasteiger partial charge in [-0.05, 0) is 32.7 Å². The van der Waals surface area contributed by atoms with Gasteiger partial charge in [-0.3, -0.25) is 0 Å². The molecule has 0 saturated heterocycles. The van der Waals surface area contributed by atoms with Gasteiger partial charge in [0.1, 0.15) is 5.82 Å². The highest BCUT2D eigenvalue weighted by Gasteiger charge is 2.22. The van der Waals surface area contributed by atoms with Crippen LogP contribution in [0.3, 0.4) is 0 Å². The Hall–Kier alpha value is -0.920. The summed E-state index contributed by atoms with van der Waals surface area (Å²) >= 11 is 0. The number of nitrogens with zero attached hydrogens (tertiary/aromatic N) is 2. The Bertz CT molecular complexity index is 496. The molecule has 0 aromatic carbocycles. The van der Waals surface area contributed by atoms with Gasteiger partial charge in [-0.15, -0.1) is 0 Å². The number of sulfonamides is 1. The Labute approximate surface area is 115 Å². The zero-order chi connectivity index (χ0) is 14.5. The van der Waals surface area contributed by atoms with Crippen LogP contribution < -0.4 is 10.5 Å². The van der Waals surface area contributed by atoms with Crippen LogP contribution in [0.5, 0.6) is 0 Å². The maximum atomic E-state index is 12.2. The number of nitrogens with two attached hydrogens (primary N) is 1. The fourth-order valence-corrected chi connectivity index (χ4v) is 3.27. The van der Waals surface area contributed by atoms with Crippen molar-refractivity contribution in [2.24, 2.45) is 5.73 Å². The minimum absolute atomic E-state index is 0.0916. The third-order valence-corrected chi connectivity index (χ3v) is 4.41. The van der Waals surface area contributed by atoms with E-state index in [1.54, 1.807) is 6.20 Å². The predicted molar refractivity (Wildman–Crippen MR) is 75.3 cm³/mol. The molecule has 0 saturated carbocycles. The molecule has 0 amide bonds. The van der Waals surface area contributed by atoms with Gasteiger partial charge in [-0.1, -0.05) is 13.8 Å². The van der Waals surface area contributed by atoms with Gasteiger partial charge in [0.15, 0.2) is 5.03 Å². The van der Waals surface area contributed by atoms with E-state index in [1.807, 2.05) is 25.3 Å². The third kappa shape index (κ3) is 4.29. The zero-order valence-electron chi connectivity index (χ0n) is 11.9. The molecule has 110 valence electrons. The summed E-state index contributed by atoms with van der Waals surface area (Å²) in [6.07, 6.45) is 3.88. The maximum absolute atomic E-state index is 12.2. The molecule has 3 N–H and O–H groups in total. The van der Waals surface area contributed by atoms with Crippen molar-refractivity contribution in [3.05, 3.63) is 12.0 Å². The summed E-state index contributed by atoms with van der Waals surface area (Å²) in [6.45, 7) is 7.02. The van der Waals surface area contributed by atoms with E-state index >= 15 is 0 Å². The van der Waals surface area contributed by atoms with Crippen LogP contribution in [0.25, 0.3) is 0 Å². The van der Waals surface area contributed by atoms with E-state index < -0.39 is 10.0 Å². The third-order valence-electron chi connectivity index (χ3n) is 3.02. The summed E-state index contributed by atoms with van der Waals surface area (Å²) in [6, 6.07) is -0.133. The van der Waals surface area contributed by atoms with Crippen LogP contribution in [0.2, 0.25) is 0 Å². The Morgan fingerprint density at radius 3 is 2.68 bits per heavy atom. The lowest BCUT2D eigenvalue weighted by Crippen LogP contribution is -2.36. The normalized spacial score (nSPS) is 13.7. The maximum Gasteiger partial charge on any atom is 0.259 e. The van der Waals surface area contributed by atoms with E-state index in [1.165, 1.54) is 0 Å². The second kappa shape index (κ2) is 7.02. The van der Waals surface area contributed by atoms with Gasteiger partial charge in [-0.2, -0.15) is 0 Å². The zero-order valence-corrected chi connectivity index (χ0v) is 12.7. The minimum atomic E-state index is -3.55. The number of aromatic nitrogens is 2. The number of nitrogens with one attached hydrogen (secondary N) is 1. The predicted octanol–water partition coefficient (Wildman–Crippen LogP) is 1.01. The highest BCUT2D eigenvalue weighted by Crippen LogP contribution is 2.11. The van der Waals surface area contributed by atoms with Gasteiger partial charge in [-0.25, -0.2) is 18.1 Å². The lowest BCUT2D eigenvalue weighted by Gasteiger charge is -2.14. The Morgan fingerprint density at radius 1 is 1.47 bits per heavy atom. The van der Waals surface area contributed by atoms with Crippen LogP contribution in [-0.4, -0.2) is 30.6 Å². The first kappa shape index (κ1) is 16.1. The lowest BCUT2D eigenvalue weighted by molar-refractivity contribution is 0.519. The standard InChI is InChI=1S/C12H24N4O2S/c1-4-8-16-9-12(14-10(16)3)19(17,18)15-11(5-2)6-7-13/h9,11,15H,4-8,13H2,1-3H3. The molecular weight excluding hydrogens is 264 g/mol. The van der Waals surface area contributed by atoms with E-state index in [4.69, 9.17) is 5.73 Å². The van der Waals surface area contributed by atoms with Crippen molar-refractivity contribution >= 4 is 10.0 Å². The van der Waals surface area contributed by atoms with E-state index in [2.05, 4.69) is 9.71 Å². The van der Waals surface area contributed by atoms with Crippen molar-refractivity contribution in [1.29, 1.82) is 0 Å². The van der Waals surface area contributed by atoms with Crippen LogP contribution in [0.4, 0.5) is 0 Å². The molecule has 0 aliphatic carbocycles. The Balaban J connectivity index is 2.90. The monoisotopic (exact) mass is 288 g/mol. The molecule has 0 spiro atoms. The van der Waals surface area contributed by atoms with Gasteiger partial charge in [0.2, 0.25) is 0 Å². The smallest absolute Gasteiger partial charge is 0.259 e. The largest absolute Gasteiger partial charge is 0.334 e. The molecule has 0 aliphatic heterocycles. The van der Waals surface area contributed by atoms with E-state index in [9.17, 15) is 8.42 Å². The van der Waals surface area contributed by atoms with Gasteiger partial charge >= 0.3 is 0 Å². The number of imidazole rings is 1. The van der Waals surface area contributed by atoms with Crippen molar-refractivity contribution in [2.75, 3.05) is 6.54 Å². The summed E-state index contributed by atoms with van der Waals surface area (Å²) in [5.41, 5.74) is 5.48. The summed E-state index contributed by atoms with van der Waals surface area (Å²) in [7, 11) is -3.55. The molecule has 1 aromatic rings. The summed E-state index contributed by atoms with van der Waals surface area (Å²) in [5, 5.41) is 0.0916. The van der Waals surface area contributed by atoms with Crippen LogP contribution in [0.1, 0.15) is 38.9 Å². The van der Waals surface area contributed by atoms with E-state index in [0.29, 0.717) is 25.2 Å². The number of hydrogen-bond acceptors (Lipinski definition) is 4. The molecule has 1 unspecified atom stereocenters. The first-order chi connectivity index (χ1) is 8.94. The molecule has 19 heavy (non-hydrogen) atoms. The molecule has 1 rings (SSSR count). The number of hydrogen-bond donors (Lipinski definition) is 2. The lowest BCUT2D eigenvalue weighted by atomic mass is 10.2. The molecule has 0 radical (unpaired) electrons. The average Bonchev–Trinajstić information content (AvgIpc) is 2.72. The second-order valence-corrected chi connectivity index (χ2v) is 6.28. The van der Waals surface area contributed by atoms with Crippen molar-refractivity contribution in [3.8, 4) is 0 Å². The average molecular weight is 288 g/mol. The second-order valence-electron chi connectivity index (χ2n) is 4.62. The molecule has 0 aliphatic rings. The van der Waals surface area contributed by atoms with Crippen LogP contribution in [-0.2, 0) is 16.6 Å². The van der Waals surface area contributed by atoms with Crippen LogP contribution >= 0.6 is 0 Å². The molecule has 7 heteroatoms. The highest BCUT2D eigenvalue weighted by atomic mass is 32.2. The molecular formula is C12H24N4O2S. The van der Waals surface area contributed by atoms with Gasteiger partial charge < -0.3 is 10.3 Å². The van der Waals surface area contributed by atoms with Crippen molar-refractivity contribution < 1.29 is 8.42 Å². The van der Waals surface area contributed by atoms with Crippen molar-refractivity contribution in [1.82, 2.24) is 14.3 Å². The SMILES string of the molecule is CCCn1cc(S(=O)(=O)NC(CC)CCN)nc1C. The Morgan fingerprint density at radius 2 is 2.16 bits per heavy atom. The Kier molecular flexibility index (Phi) is 5.96. The quantitative estimate of drug-likeness (QED) is 0.747. The summed E-state index contributed by atoms with van der Waals surface area (Å²) in [4.78, 5) is 4.13.